The summed E-state index contributed by atoms with van der Waals surface area (Å²) in [6.07, 6.45) is -15.8. The third kappa shape index (κ3) is 6.58. The van der Waals surface area contributed by atoms with E-state index in [0.717, 1.165) is 0 Å². The number of aliphatic hydroxyl groups is 7. The van der Waals surface area contributed by atoms with E-state index in [1.807, 2.05) is 0 Å². The van der Waals surface area contributed by atoms with Gasteiger partial charge in [-0.15, -0.1) is 0 Å². The maximum Gasteiger partial charge on any atom is 0.339 e. The molecule has 5 heterocycles. The van der Waals surface area contributed by atoms with E-state index in [4.69, 9.17) is 52.1 Å². The molecule has 0 unspecified atom stereocenters. The topological polar surface area (TPSA) is 260 Å². The third-order valence-electron chi connectivity index (χ3n) is 10.3. The second-order valence-corrected chi connectivity index (χ2v) is 13.7. The number of benzene rings is 3. The van der Waals surface area contributed by atoms with Gasteiger partial charge in [-0.25, -0.2) is 4.79 Å². The molecule has 3 aromatic rings. The Bertz CT molecular complexity index is 1940. The molecule has 0 radical (unpaired) electrons. The molecule has 5 aliphatic heterocycles. The van der Waals surface area contributed by atoms with E-state index in [-0.39, 0.29) is 31.3 Å². The zero-order valence-electron chi connectivity index (χ0n) is 29.4. The lowest BCUT2D eigenvalue weighted by atomic mass is 9.89. The van der Waals surface area contributed by atoms with Crippen molar-refractivity contribution >= 4 is 16.7 Å². The van der Waals surface area contributed by atoms with Crippen LogP contribution in [-0.4, -0.2) is 156 Å². The lowest BCUT2D eigenvalue weighted by Gasteiger charge is -2.40. The molecule has 5 aliphatic rings. The lowest BCUT2D eigenvalue weighted by molar-refractivity contribution is -0.315. The Hall–Kier alpha value is -4.09. The van der Waals surface area contributed by atoms with E-state index in [1.165, 1.54) is 14.2 Å². The minimum absolute atomic E-state index is 0.0291. The fraction of sp³-hybridized carbons (Fsp3) is 0.528. The summed E-state index contributed by atoms with van der Waals surface area (Å²) < 4.78 is 63.1. The zero-order chi connectivity index (χ0) is 38.8. The summed E-state index contributed by atoms with van der Waals surface area (Å²) in [6, 6.07) is 8.52. The predicted octanol–water partition coefficient (Wildman–Crippen LogP) is -1.33. The summed E-state index contributed by atoms with van der Waals surface area (Å²) in [6.45, 7) is -2.21. The van der Waals surface area contributed by atoms with Crippen LogP contribution in [0.15, 0.2) is 30.3 Å². The number of hydrogen-bond donors (Lipinski definition) is 7. The first kappa shape index (κ1) is 37.8. The van der Waals surface area contributed by atoms with Crippen molar-refractivity contribution in [3.63, 3.8) is 0 Å². The molecule has 55 heavy (non-hydrogen) atoms. The van der Waals surface area contributed by atoms with Crippen LogP contribution in [0.1, 0.15) is 15.9 Å². The fourth-order valence-electron chi connectivity index (χ4n) is 7.27. The van der Waals surface area contributed by atoms with E-state index in [9.17, 15) is 40.5 Å². The van der Waals surface area contributed by atoms with Crippen LogP contribution < -0.4 is 23.7 Å². The van der Waals surface area contributed by atoms with Gasteiger partial charge in [-0.2, -0.15) is 0 Å². The Morgan fingerprint density at radius 1 is 0.745 bits per heavy atom. The van der Waals surface area contributed by atoms with Crippen LogP contribution >= 0.6 is 0 Å². The maximum atomic E-state index is 13.6. The van der Waals surface area contributed by atoms with Gasteiger partial charge in [0.25, 0.3) is 0 Å². The minimum atomic E-state index is -2.16. The Labute approximate surface area is 311 Å². The first-order valence-electron chi connectivity index (χ1n) is 17.3. The first-order chi connectivity index (χ1) is 26.4. The Morgan fingerprint density at radius 2 is 1.40 bits per heavy atom. The fourth-order valence-corrected chi connectivity index (χ4v) is 7.27. The standard InChI is InChI=1S/C36H40O19/c1-45-21-6-15-16(7-22(21)46-2)30(17-8-47-32(43)25(17)24(15)14-3-4-20-23(5-14)53-13-52-20)54-35-31(55-34-29(42)27(40)19(38)10-49-34)36(44,12-51-35)11-50-33-28(41)26(39)18(37)9-48-33/h3-7,18-19,26-29,31,33-35,37-42,44H,8-13H2,1-2H3/t18-,19+,26+,27+,28-,29-,31+,33+,34+,35+,36-/m1/s1. The average molecular weight is 777 g/mol. The van der Waals surface area contributed by atoms with E-state index in [2.05, 4.69) is 0 Å². The van der Waals surface area contributed by atoms with E-state index >= 15 is 0 Å². The van der Waals surface area contributed by atoms with Crippen LogP contribution in [0.3, 0.4) is 0 Å². The highest BCUT2D eigenvalue weighted by molar-refractivity contribution is 6.14. The second kappa shape index (κ2) is 14.8. The first-order valence-corrected chi connectivity index (χ1v) is 17.3. The number of carbonyl (C=O) groups excluding carboxylic acids is 1. The Kier molecular flexibility index (Phi) is 10.2. The summed E-state index contributed by atoms with van der Waals surface area (Å²) in [5, 5.41) is 74.7. The number of esters is 1. The molecule has 0 aliphatic carbocycles. The van der Waals surface area contributed by atoms with Gasteiger partial charge in [0, 0.05) is 16.5 Å². The number of ether oxygens (including phenoxy) is 11. The monoisotopic (exact) mass is 776 g/mol. The van der Waals surface area contributed by atoms with Crippen molar-refractivity contribution in [1.29, 1.82) is 0 Å². The molecule has 0 amide bonds. The van der Waals surface area contributed by atoms with E-state index < -0.39 is 93.0 Å². The molecule has 3 aromatic carbocycles. The Balaban J connectivity index is 1.21. The number of fused-ring (bicyclic) bond motifs is 3. The molecule has 7 N–H and O–H groups in total. The van der Waals surface area contributed by atoms with Crippen LogP contribution in [0.4, 0.5) is 0 Å². The molecule has 0 aromatic heterocycles. The normalized spacial score (nSPS) is 34.1. The largest absolute Gasteiger partial charge is 0.493 e. The molecular weight excluding hydrogens is 736 g/mol. The van der Waals surface area contributed by atoms with Gasteiger partial charge >= 0.3 is 5.97 Å². The molecule has 3 fully saturated rings. The molecule has 8 rings (SSSR count). The molecule has 11 atom stereocenters. The van der Waals surface area contributed by atoms with Gasteiger partial charge in [0.15, 0.2) is 41.7 Å². The number of carbonyl (C=O) groups is 1. The smallest absolute Gasteiger partial charge is 0.339 e. The van der Waals surface area contributed by atoms with Crippen LogP contribution in [-0.2, 0) is 35.0 Å². The molecule has 0 bridgehead atoms. The third-order valence-corrected chi connectivity index (χ3v) is 10.3. The average Bonchev–Trinajstić information content (AvgIpc) is 3.90. The van der Waals surface area contributed by atoms with Gasteiger partial charge in [0.1, 0.15) is 54.6 Å². The quantitative estimate of drug-likeness (QED) is 0.118. The number of methoxy groups -OCH3 is 2. The molecule has 3 saturated heterocycles. The zero-order valence-corrected chi connectivity index (χ0v) is 29.4. The van der Waals surface area contributed by atoms with Crippen molar-refractivity contribution in [2.24, 2.45) is 0 Å². The van der Waals surface area contributed by atoms with Gasteiger partial charge in [-0.3, -0.25) is 0 Å². The van der Waals surface area contributed by atoms with Gasteiger partial charge in [0.2, 0.25) is 13.1 Å². The van der Waals surface area contributed by atoms with Gasteiger partial charge < -0.3 is 87.9 Å². The number of rotatable bonds is 10. The summed E-state index contributed by atoms with van der Waals surface area (Å²) >= 11 is 0. The number of cyclic esters (lactones) is 1. The molecule has 298 valence electrons. The van der Waals surface area contributed by atoms with Crippen LogP contribution in [0.2, 0.25) is 0 Å². The Morgan fingerprint density at radius 3 is 2.11 bits per heavy atom. The van der Waals surface area contributed by atoms with Crippen molar-refractivity contribution in [3.05, 3.63) is 41.5 Å². The highest BCUT2D eigenvalue weighted by atomic mass is 16.8. The number of aliphatic hydroxyl groups excluding tert-OH is 6. The molecule has 19 nitrogen and oxygen atoms in total. The van der Waals surface area contributed by atoms with Gasteiger partial charge in [0.05, 0.1) is 46.2 Å². The molecular formula is C36H40O19. The van der Waals surface area contributed by atoms with Crippen molar-refractivity contribution < 1.29 is 92.6 Å². The maximum absolute atomic E-state index is 13.6. The highest BCUT2D eigenvalue weighted by Gasteiger charge is 2.56. The van der Waals surface area contributed by atoms with Gasteiger partial charge in [-0.1, -0.05) is 6.07 Å². The van der Waals surface area contributed by atoms with Crippen LogP contribution in [0, 0.1) is 0 Å². The van der Waals surface area contributed by atoms with Crippen molar-refractivity contribution in [3.8, 4) is 39.9 Å². The summed E-state index contributed by atoms with van der Waals surface area (Å²) in [5.41, 5.74) is -0.631. The van der Waals surface area contributed by atoms with E-state index in [1.54, 1.807) is 30.3 Å². The minimum Gasteiger partial charge on any atom is -0.493 e. The van der Waals surface area contributed by atoms with Crippen molar-refractivity contribution in [2.75, 3.05) is 47.4 Å². The summed E-state index contributed by atoms with van der Waals surface area (Å²) in [4.78, 5) is 13.6. The molecule has 19 heteroatoms. The number of hydrogen-bond acceptors (Lipinski definition) is 19. The van der Waals surface area contributed by atoms with Gasteiger partial charge in [-0.05, 0) is 35.2 Å². The van der Waals surface area contributed by atoms with Crippen LogP contribution in [0.5, 0.6) is 28.7 Å². The molecule has 0 saturated carbocycles. The molecule has 0 spiro atoms. The highest BCUT2D eigenvalue weighted by Crippen LogP contribution is 2.50. The van der Waals surface area contributed by atoms with Crippen LogP contribution in [0.25, 0.3) is 21.9 Å². The SMILES string of the molecule is COc1cc2c(O[C@@H]3OC[C@](O)(CO[C@@H]4OC[C@@H](O)[C@H](O)[C@H]4O)[C@H]3O[C@@H]3OC[C@H](O)[C@H](O)[C@H]3O)c3c(c(-c4ccc5c(c4)OCO5)c2cc1OC)C(=O)OC3. The summed E-state index contributed by atoms with van der Waals surface area (Å²) in [5.74, 6) is 1.05. The second-order valence-electron chi connectivity index (χ2n) is 13.7. The predicted molar refractivity (Wildman–Crippen MR) is 179 cm³/mol. The van der Waals surface area contributed by atoms with Crippen molar-refractivity contribution in [1.82, 2.24) is 0 Å². The lowest BCUT2D eigenvalue weighted by Crippen LogP contribution is -2.59. The van der Waals surface area contributed by atoms with E-state index in [0.29, 0.717) is 50.5 Å². The summed E-state index contributed by atoms with van der Waals surface area (Å²) in [7, 11) is 2.90. The van der Waals surface area contributed by atoms with Crippen molar-refractivity contribution in [2.45, 2.75) is 73.8 Å².